The fourth-order valence-electron chi connectivity index (χ4n) is 6.39. The predicted octanol–water partition coefficient (Wildman–Crippen LogP) is 10.7. The quantitative estimate of drug-likeness (QED) is 0.0729. The van der Waals surface area contributed by atoms with Crippen LogP contribution in [0.15, 0.2) is 115 Å². The highest BCUT2D eigenvalue weighted by Gasteiger charge is 2.45. The van der Waals surface area contributed by atoms with Crippen molar-refractivity contribution in [2.75, 3.05) is 18.0 Å². The van der Waals surface area contributed by atoms with E-state index in [0.29, 0.717) is 0 Å². The van der Waals surface area contributed by atoms with Gasteiger partial charge in [-0.05, 0) is 66.9 Å². The average molecular weight is 593 g/mol. The summed E-state index contributed by atoms with van der Waals surface area (Å²) < 4.78 is 0. The van der Waals surface area contributed by atoms with E-state index >= 15 is 0 Å². The molecule has 0 spiro atoms. The standard InChI is InChI=1S/C41H55NP/c1-3-5-7-9-11-22-34-42(35-23-12-10-8-6-4-2)38-32-30-37(31-33-38)36-43(39-24-16-13-17-25-39,40-26-18-14-19-27-40)41-28-20-15-21-29-41/h13-21,24-33H,3-12,22-23,34-36H2,1-2H3/q+1. The van der Waals surface area contributed by atoms with Crippen molar-refractivity contribution in [3.63, 3.8) is 0 Å². The van der Waals surface area contributed by atoms with Gasteiger partial charge in [-0.15, -0.1) is 0 Å². The van der Waals surface area contributed by atoms with Crippen LogP contribution in [0.25, 0.3) is 0 Å². The summed E-state index contributed by atoms with van der Waals surface area (Å²) in [5.41, 5.74) is 2.82. The number of hydrogen-bond acceptors (Lipinski definition) is 1. The van der Waals surface area contributed by atoms with Gasteiger partial charge >= 0.3 is 0 Å². The van der Waals surface area contributed by atoms with Gasteiger partial charge in [-0.2, -0.15) is 0 Å². The topological polar surface area (TPSA) is 3.24 Å². The van der Waals surface area contributed by atoms with Crippen molar-refractivity contribution >= 4 is 28.9 Å². The van der Waals surface area contributed by atoms with E-state index in [4.69, 9.17) is 0 Å². The van der Waals surface area contributed by atoms with Crippen LogP contribution >= 0.6 is 7.26 Å². The first-order chi connectivity index (χ1) is 21.3. The molecule has 0 bridgehead atoms. The largest absolute Gasteiger partial charge is 0.372 e. The van der Waals surface area contributed by atoms with Gasteiger partial charge in [-0.25, -0.2) is 0 Å². The molecular weight excluding hydrogens is 537 g/mol. The molecule has 0 saturated carbocycles. The Labute approximate surface area is 264 Å². The number of nitrogens with zero attached hydrogens (tertiary/aromatic N) is 1. The molecule has 0 heterocycles. The second-order valence-corrected chi connectivity index (χ2v) is 15.6. The molecule has 0 aliphatic rings. The van der Waals surface area contributed by atoms with Crippen LogP contribution < -0.4 is 20.8 Å². The Balaban J connectivity index is 1.57. The van der Waals surface area contributed by atoms with Crippen LogP contribution in [0.3, 0.4) is 0 Å². The lowest BCUT2D eigenvalue weighted by Crippen LogP contribution is -2.32. The molecule has 0 fully saturated rings. The summed E-state index contributed by atoms with van der Waals surface area (Å²) in [4.78, 5) is 2.68. The van der Waals surface area contributed by atoms with E-state index in [1.807, 2.05) is 0 Å². The number of benzene rings is 4. The Morgan fingerprint density at radius 1 is 0.419 bits per heavy atom. The molecule has 228 valence electrons. The smallest absolute Gasteiger partial charge is 0.116 e. The van der Waals surface area contributed by atoms with Crippen molar-refractivity contribution in [1.82, 2.24) is 0 Å². The Morgan fingerprint density at radius 2 is 0.791 bits per heavy atom. The third kappa shape index (κ3) is 9.81. The van der Waals surface area contributed by atoms with Crippen molar-refractivity contribution in [2.24, 2.45) is 0 Å². The molecule has 0 N–H and O–H groups in total. The fourth-order valence-corrected chi connectivity index (χ4v) is 10.6. The average Bonchev–Trinajstić information content (AvgIpc) is 3.07. The Bertz CT molecular complexity index is 1140. The van der Waals surface area contributed by atoms with Gasteiger partial charge in [-0.1, -0.05) is 145 Å². The number of hydrogen-bond donors (Lipinski definition) is 0. The lowest BCUT2D eigenvalue weighted by molar-refractivity contribution is 0.575. The molecule has 2 heteroatoms. The van der Waals surface area contributed by atoms with Gasteiger partial charge in [-0.3, -0.25) is 0 Å². The maximum atomic E-state index is 2.68. The molecular formula is C41H55NP+. The van der Waals surface area contributed by atoms with E-state index in [0.717, 1.165) is 6.16 Å². The van der Waals surface area contributed by atoms with Gasteiger partial charge in [0, 0.05) is 18.8 Å². The maximum absolute atomic E-state index is 2.68. The molecule has 1 nitrogen and oxygen atoms in total. The SMILES string of the molecule is CCCCCCCCN(CCCCCCCC)c1ccc(C[P+](c2ccccc2)(c2ccccc2)c2ccccc2)cc1. The summed E-state index contributed by atoms with van der Waals surface area (Å²) in [5, 5.41) is 4.35. The zero-order valence-electron chi connectivity index (χ0n) is 27.0. The lowest BCUT2D eigenvalue weighted by atomic mass is 10.1. The van der Waals surface area contributed by atoms with E-state index < -0.39 is 7.26 Å². The highest BCUT2D eigenvalue weighted by molar-refractivity contribution is 7.95. The van der Waals surface area contributed by atoms with Crippen molar-refractivity contribution in [2.45, 2.75) is 97.1 Å². The predicted molar refractivity (Wildman–Crippen MR) is 194 cm³/mol. The zero-order valence-corrected chi connectivity index (χ0v) is 27.9. The van der Waals surface area contributed by atoms with Crippen LogP contribution in [0, 0.1) is 0 Å². The minimum Gasteiger partial charge on any atom is -0.372 e. The highest BCUT2D eigenvalue weighted by Crippen LogP contribution is 2.58. The van der Waals surface area contributed by atoms with Gasteiger partial charge in [0.05, 0.1) is 6.16 Å². The molecule has 0 atom stereocenters. The van der Waals surface area contributed by atoms with Gasteiger partial charge in [0.15, 0.2) is 0 Å². The first-order valence-electron chi connectivity index (χ1n) is 17.2. The number of rotatable bonds is 20. The van der Waals surface area contributed by atoms with Crippen LogP contribution in [0.5, 0.6) is 0 Å². The normalized spacial score (nSPS) is 11.5. The molecule has 4 aromatic rings. The molecule has 0 aromatic heterocycles. The van der Waals surface area contributed by atoms with Crippen molar-refractivity contribution < 1.29 is 0 Å². The number of unbranched alkanes of at least 4 members (excludes halogenated alkanes) is 10. The molecule has 0 amide bonds. The summed E-state index contributed by atoms with van der Waals surface area (Å²) in [6.07, 6.45) is 17.2. The molecule has 4 rings (SSSR count). The second-order valence-electron chi connectivity index (χ2n) is 12.2. The Hall–Kier alpha value is -2.89. The minimum atomic E-state index is -1.89. The molecule has 0 aliphatic heterocycles. The zero-order chi connectivity index (χ0) is 30.0. The third-order valence-electron chi connectivity index (χ3n) is 8.88. The third-order valence-corrected chi connectivity index (χ3v) is 13.3. The minimum absolute atomic E-state index is 1.03. The monoisotopic (exact) mass is 592 g/mol. The lowest BCUT2D eigenvalue weighted by Gasteiger charge is -2.28. The van der Waals surface area contributed by atoms with Gasteiger partial charge < -0.3 is 4.90 Å². The molecule has 0 radical (unpaired) electrons. The first kappa shape index (κ1) is 33.0. The van der Waals surface area contributed by atoms with Gasteiger partial charge in [0.2, 0.25) is 0 Å². The summed E-state index contributed by atoms with van der Waals surface area (Å²) >= 11 is 0. The molecule has 4 aromatic carbocycles. The second kappa shape index (κ2) is 18.7. The summed E-state index contributed by atoms with van der Waals surface area (Å²) in [6.45, 7) is 6.96. The Morgan fingerprint density at radius 3 is 1.19 bits per heavy atom. The molecule has 0 saturated heterocycles. The van der Waals surface area contributed by atoms with E-state index in [9.17, 15) is 0 Å². The number of anilines is 1. The van der Waals surface area contributed by atoms with E-state index in [2.05, 4.69) is 134 Å². The Kier molecular flexibility index (Phi) is 14.4. The van der Waals surface area contributed by atoms with Crippen molar-refractivity contribution in [3.05, 3.63) is 121 Å². The van der Waals surface area contributed by atoms with Crippen LogP contribution in [0.2, 0.25) is 0 Å². The van der Waals surface area contributed by atoms with E-state index in [1.54, 1.807) is 0 Å². The molecule has 0 unspecified atom stereocenters. The van der Waals surface area contributed by atoms with Crippen LogP contribution in [0.4, 0.5) is 5.69 Å². The fraction of sp³-hybridized carbons (Fsp3) is 0.415. The first-order valence-corrected chi connectivity index (χ1v) is 19.1. The van der Waals surface area contributed by atoms with Gasteiger partial charge in [0.1, 0.15) is 23.2 Å². The van der Waals surface area contributed by atoms with E-state index in [-0.39, 0.29) is 0 Å². The molecule has 43 heavy (non-hydrogen) atoms. The van der Waals surface area contributed by atoms with E-state index in [1.165, 1.54) is 117 Å². The summed E-state index contributed by atoms with van der Waals surface area (Å²) in [5.74, 6) is 0. The van der Waals surface area contributed by atoms with Crippen LogP contribution in [-0.2, 0) is 6.16 Å². The maximum Gasteiger partial charge on any atom is 0.116 e. The van der Waals surface area contributed by atoms with Crippen LogP contribution in [-0.4, -0.2) is 13.1 Å². The molecule has 0 aliphatic carbocycles. The summed E-state index contributed by atoms with van der Waals surface area (Å²) in [7, 11) is -1.89. The van der Waals surface area contributed by atoms with Crippen LogP contribution in [0.1, 0.15) is 96.5 Å². The highest BCUT2D eigenvalue weighted by atomic mass is 31.2. The summed E-state index contributed by atoms with van der Waals surface area (Å²) in [6, 6.07) is 43.5. The van der Waals surface area contributed by atoms with Crippen molar-refractivity contribution in [3.8, 4) is 0 Å². The van der Waals surface area contributed by atoms with Crippen molar-refractivity contribution in [1.29, 1.82) is 0 Å². The van der Waals surface area contributed by atoms with Gasteiger partial charge in [0.25, 0.3) is 0 Å².